The fourth-order valence-corrected chi connectivity index (χ4v) is 3.04. The number of aliphatic hydroxyl groups is 1. The Balaban J connectivity index is 2.10. The van der Waals surface area contributed by atoms with E-state index in [0.29, 0.717) is 19.5 Å². The van der Waals surface area contributed by atoms with Gasteiger partial charge in [-0.25, -0.2) is 0 Å². The fraction of sp³-hybridized carbons (Fsp3) is 0.562. The molecule has 1 aliphatic heterocycles. The van der Waals surface area contributed by atoms with E-state index in [4.69, 9.17) is 0 Å². The normalized spacial score (nSPS) is 24.4. The first kappa shape index (κ1) is 15.9. The molecule has 0 aliphatic carbocycles. The molecule has 1 heterocycles. The van der Waals surface area contributed by atoms with Crippen LogP contribution in [0.1, 0.15) is 17.9 Å². The molecule has 1 aromatic carbocycles. The van der Waals surface area contributed by atoms with Crippen LogP contribution in [-0.2, 0) is 4.79 Å². The fourth-order valence-electron chi connectivity index (χ4n) is 3.04. The molecule has 21 heavy (non-hydrogen) atoms. The van der Waals surface area contributed by atoms with Crippen molar-refractivity contribution in [2.24, 2.45) is 0 Å². The van der Waals surface area contributed by atoms with E-state index >= 15 is 0 Å². The molecule has 2 N–H and O–H groups in total. The van der Waals surface area contributed by atoms with Gasteiger partial charge in [0.05, 0.1) is 12.0 Å². The van der Waals surface area contributed by atoms with Crippen LogP contribution in [0.15, 0.2) is 30.3 Å². The van der Waals surface area contributed by atoms with Crippen molar-refractivity contribution in [3.05, 3.63) is 35.9 Å². The molecule has 3 unspecified atom stereocenters. The summed E-state index contributed by atoms with van der Waals surface area (Å²) in [5, 5.41) is 19.4. The van der Waals surface area contributed by atoms with Gasteiger partial charge < -0.3 is 15.1 Å². The summed E-state index contributed by atoms with van der Waals surface area (Å²) in [5.41, 5.74) is 0.815. The molecule has 0 saturated carbocycles. The van der Waals surface area contributed by atoms with Gasteiger partial charge in [-0.15, -0.1) is 0 Å². The van der Waals surface area contributed by atoms with Gasteiger partial charge in [-0.05, 0) is 26.1 Å². The van der Waals surface area contributed by atoms with Crippen LogP contribution in [-0.4, -0.2) is 71.9 Å². The number of aliphatic hydroxyl groups excluding tert-OH is 1. The summed E-state index contributed by atoms with van der Waals surface area (Å²) in [6, 6.07) is 9.53. The van der Waals surface area contributed by atoms with Gasteiger partial charge in [-0.3, -0.25) is 9.69 Å². The Hall–Kier alpha value is -1.43. The number of carboxylic acid groups (broad SMARTS) is 1. The lowest BCUT2D eigenvalue weighted by Crippen LogP contribution is -2.41. The second-order valence-corrected chi connectivity index (χ2v) is 6.06. The average Bonchev–Trinajstić information content (AvgIpc) is 2.75. The average molecular weight is 292 g/mol. The maximum atomic E-state index is 11.6. The van der Waals surface area contributed by atoms with Gasteiger partial charge in [0.2, 0.25) is 0 Å². The van der Waals surface area contributed by atoms with E-state index in [1.165, 1.54) is 0 Å². The zero-order chi connectivity index (χ0) is 15.4. The van der Waals surface area contributed by atoms with E-state index < -0.39 is 11.9 Å². The molecule has 2 rings (SSSR count). The lowest BCUT2D eigenvalue weighted by Gasteiger charge is -2.29. The second-order valence-electron chi connectivity index (χ2n) is 6.06. The molecule has 5 heteroatoms. The van der Waals surface area contributed by atoms with Crippen LogP contribution >= 0.6 is 0 Å². The maximum absolute atomic E-state index is 11.6. The van der Waals surface area contributed by atoms with Crippen LogP contribution in [0.5, 0.6) is 0 Å². The highest BCUT2D eigenvalue weighted by atomic mass is 16.4. The zero-order valence-electron chi connectivity index (χ0n) is 12.6. The Bertz CT molecular complexity index is 464. The van der Waals surface area contributed by atoms with Crippen LogP contribution in [0.25, 0.3) is 0 Å². The first-order valence-corrected chi connectivity index (χ1v) is 7.32. The van der Waals surface area contributed by atoms with Gasteiger partial charge in [0.15, 0.2) is 0 Å². The minimum Gasteiger partial charge on any atom is -0.481 e. The largest absolute Gasteiger partial charge is 0.481 e. The number of carboxylic acids is 1. The predicted molar refractivity (Wildman–Crippen MR) is 81.4 cm³/mol. The van der Waals surface area contributed by atoms with Crippen LogP contribution in [0, 0.1) is 0 Å². The van der Waals surface area contributed by atoms with Crippen molar-refractivity contribution < 1.29 is 15.0 Å². The monoisotopic (exact) mass is 292 g/mol. The van der Waals surface area contributed by atoms with E-state index in [1.54, 1.807) is 0 Å². The summed E-state index contributed by atoms with van der Waals surface area (Å²) < 4.78 is 0. The van der Waals surface area contributed by atoms with E-state index in [0.717, 1.165) is 12.1 Å². The molecule has 1 aliphatic rings. The van der Waals surface area contributed by atoms with Crippen LogP contribution in [0.3, 0.4) is 0 Å². The third-order valence-electron chi connectivity index (χ3n) is 4.00. The smallest absolute Gasteiger partial charge is 0.312 e. The number of hydrogen-bond donors (Lipinski definition) is 2. The van der Waals surface area contributed by atoms with Gasteiger partial charge in [0.25, 0.3) is 0 Å². The molecule has 0 bridgehead atoms. The number of rotatable bonds is 6. The highest BCUT2D eigenvalue weighted by Gasteiger charge is 2.34. The number of likely N-dealkylation sites (N-methyl/N-ethyl adjacent to an activating group) is 1. The quantitative estimate of drug-likeness (QED) is 0.814. The molecular weight excluding hydrogens is 268 g/mol. The van der Waals surface area contributed by atoms with E-state index in [2.05, 4.69) is 9.80 Å². The highest BCUT2D eigenvalue weighted by Crippen LogP contribution is 2.24. The Morgan fingerprint density at radius 1 is 1.38 bits per heavy atom. The minimum absolute atomic E-state index is 0.209. The first-order chi connectivity index (χ1) is 9.97. The van der Waals surface area contributed by atoms with Gasteiger partial charge in [0.1, 0.15) is 0 Å². The Labute approximate surface area is 125 Å². The summed E-state index contributed by atoms with van der Waals surface area (Å²) in [6.45, 7) is 1.82. The standard InChI is InChI=1S/C16H24N2O3/c1-17(2)9-13-8-14(19)10-18(13)11-15(16(20)21)12-6-4-3-5-7-12/h3-7,13-15,19H,8-11H2,1-2H3,(H,20,21). The molecule has 1 saturated heterocycles. The van der Waals surface area contributed by atoms with Gasteiger partial charge >= 0.3 is 5.97 Å². The molecule has 5 nitrogen and oxygen atoms in total. The number of β-amino-alcohol motifs (C(OH)–C–C–N with tert-alkyl or cyclic N) is 1. The molecule has 0 spiro atoms. The lowest BCUT2D eigenvalue weighted by atomic mass is 9.98. The summed E-state index contributed by atoms with van der Waals surface area (Å²) in [4.78, 5) is 15.8. The molecule has 0 aromatic heterocycles. The van der Waals surface area contributed by atoms with Crippen molar-refractivity contribution in [2.75, 3.05) is 33.7 Å². The number of carbonyl (C=O) groups is 1. The van der Waals surface area contributed by atoms with Crippen molar-refractivity contribution >= 4 is 5.97 Å². The van der Waals surface area contributed by atoms with E-state index in [9.17, 15) is 15.0 Å². The number of aliphatic carboxylic acids is 1. The Kier molecular flexibility index (Phi) is 5.33. The number of likely N-dealkylation sites (tertiary alicyclic amines) is 1. The third-order valence-corrected chi connectivity index (χ3v) is 4.00. The second kappa shape index (κ2) is 7.02. The van der Waals surface area contributed by atoms with Crippen molar-refractivity contribution in [1.82, 2.24) is 9.80 Å². The predicted octanol–water partition coefficient (Wildman–Crippen LogP) is 0.852. The minimum atomic E-state index is -0.814. The zero-order valence-corrected chi connectivity index (χ0v) is 12.6. The lowest BCUT2D eigenvalue weighted by molar-refractivity contribution is -0.139. The SMILES string of the molecule is CN(C)CC1CC(O)CN1CC(C(=O)O)c1ccccc1. The first-order valence-electron chi connectivity index (χ1n) is 7.32. The summed E-state index contributed by atoms with van der Waals surface area (Å²) >= 11 is 0. The van der Waals surface area contributed by atoms with E-state index in [1.807, 2.05) is 44.4 Å². The molecule has 3 atom stereocenters. The van der Waals surface area contributed by atoms with Gasteiger partial charge in [-0.1, -0.05) is 30.3 Å². The van der Waals surface area contributed by atoms with Crippen molar-refractivity contribution in [3.63, 3.8) is 0 Å². The summed E-state index contributed by atoms with van der Waals surface area (Å²) in [6.07, 6.45) is 0.347. The molecule has 116 valence electrons. The maximum Gasteiger partial charge on any atom is 0.312 e. The summed E-state index contributed by atoms with van der Waals surface area (Å²) in [7, 11) is 3.99. The number of hydrogen-bond acceptors (Lipinski definition) is 4. The number of benzene rings is 1. The Morgan fingerprint density at radius 3 is 2.62 bits per heavy atom. The van der Waals surface area contributed by atoms with Crippen molar-refractivity contribution in [3.8, 4) is 0 Å². The molecule has 1 aromatic rings. The van der Waals surface area contributed by atoms with Gasteiger partial charge in [0, 0.05) is 25.7 Å². The van der Waals surface area contributed by atoms with Gasteiger partial charge in [-0.2, -0.15) is 0 Å². The molecule has 0 amide bonds. The van der Waals surface area contributed by atoms with Crippen LogP contribution in [0.2, 0.25) is 0 Å². The third kappa shape index (κ3) is 4.27. The molecule has 1 fully saturated rings. The topological polar surface area (TPSA) is 64.0 Å². The number of nitrogens with zero attached hydrogens (tertiary/aromatic N) is 2. The Morgan fingerprint density at radius 2 is 2.05 bits per heavy atom. The van der Waals surface area contributed by atoms with Crippen molar-refractivity contribution in [1.29, 1.82) is 0 Å². The summed E-state index contributed by atoms with van der Waals surface area (Å²) in [5.74, 6) is -1.37. The molecular formula is C16H24N2O3. The van der Waals surface area contributed by atoms with Crippen LogP contribution < -0.4 is 0 Å². The van der Waals surface area contributed by atoms with Crippen LogP contribution in [0.4, 0.5) is 0 Å². The highest BCUT2D eigenvalue weighted by molar-refractivity contribution is 5.76. The van der Waals surface area contributed by atoms with Crippen molar-refractivity contribution in [2.45, 2.75) is 24.5 Å². The molecule has 0 radical (unpaired) electrons. The van der Waals surface area contributed by atoms with E-state index in [-0.39, 0.29) is 12.1 Å².